The minimum Gasteiger partial charge on any atom is -0.512 e. The van der Waals surface area contributed by atoms with Crippen molar-refractivity contribution in [1.82, 2.24) is 10.2 Å². The second kappa shape index (κ2) is 10.1. The first-order chi connectivity index (χ1) is 18.5. The van der Waals surface area contributed by atoms with Crippen molar-refractivity contribution in [2.75, 3.05) is 27.7 Å². The lowest BCUT2D eigenvalue weighted by Crippen LogP contribution is -2.65. The highest BCUT2D eigenvalue weighted by Gasteiger charge is 2.66. The van der Waals surface area contributed by atoms with E-state index in [0.29, 0.717) is 12.8 Å². The van der Waals surface area contributed by atoms with Crippen LogP contribution in [0.3, 0.4) is 0 Å². The zero-order chi connectivity index (χ0) is 29.9. The smallest absolute Gasteiger partial charge is 0.512 e. The van der Waals surface area contributed by atoms with Crippen molar-refractivity contribution in [3.63, 3.8) is 0 Å². The lowest BCUT2D eigenvalue weighted by Gasteiger charge is -2.54. The summed E-state index contributed by atoms with van der Waals surface area (Å²) in [5.41, 5.74) is -5.17. The fraction of sp³-hybridized carbons (Fsp3) is 0.571. The van der Waals surface area contributed by atoms with E-state index in [2.05, 4.69) is 10.1 Å². The number of fused-ring (bicyclic) bond motifs is 3. The Hall–Kier alpha value is -3.09. The van der Waals surface area contributed by atoms with Gasteiger partial charge in [-0.15, -0.1) is 13.2 Å². The summed E-state index contributed by atoms with van der Waals surface area (Å²) in [6.45, 7) is 3.16. The van der Waals surface area contributed by atoms with Crippen LogP contribution in [0.15, 0.2) is 28.7 Å². The van der Waals surface area contributed by atoms with Crippen LogP contribution in [0.25, 0.3) is 0 Å². The third-order valence-electron chi connectivity index (χ3n) is 8.47. The summed E-state index contributed by atoms with van der Waals surface area (Å²) in [5.74, 6) is -5.26. The zero-order valence-electron chi connectivity index (χ0n) is 23.1. The van der Waals surface area contributed by atoms with E-state index in [4.69, 9.17) is 0 Å². The molecule has 5 N–H and O–H groups in total. The van der Waals surface area contributed by atoms with Gasteiger partial charge in [0, 0.05) is 46.7 Å². The van der Waals surface area contributed by atoms with Gasteiger partial charge in [-0.3, -0.25) is 9.59 Å². The number of aliphatic hydroxyl groups is 3. The number of nitrogens with zero attached hydrogens (tertiary/aromatic N) is 1. The highest BCUT2D eigenvalue weighted by atomic mass is 19.4. The van der Waals surface area contributed by atoms with E-state index in [0.717, 1.165) is 6.07 Å². The Kier molecular flexibility index (Phi) is 7.53. The first-order valence-electron chi connectivity index (χ1n) is 13.1. The van der Waals surface area contributed by atoms with Crippen LogP contribution >= 0.6 is 0 Å². The highest BCUT2D eigenvalue weighted by molar-refractivity contribution is 6.16. The number of aliphatic hydroxyl groups excluding tert-OH is 2. The van der Waals surface area contributed by atoms with Gasteiger partial charge in [0.1, 0.15) is 17.3 Å². The van der Waals surface area contributed by atoms with Crippen molar-refractivity contribution in [3.05, 3.63) is 45.4 Å². The van der Waals surface area contributed by atoms with Gasteiger partial charge in [0.15, 0.2) is 11.4 Å². The number of allylic oxidation sites excluding steroid dienone is 2. The minimum atomic E-state index is -5.10. The van der Waals surface area contributed by atoms with E-state index in [-0.39, 0.29) is 53.8 Å². The molecule has 1 aromatic rings. The molecule has 4 rings (SSSR count). The zero-order valence-corrected chi connectivity index (χ0v) is 23.1. The number of nitrogens with one attached hydrogen (secondary N) is 1. The molecule has 12 heteroatoms. The third kappa shape index (κ3) is 4.46. The molecule has 0 radical (unpaired) electrons. The van der Waals surface area contributed by atoms with E-state index in [1.807, 2.05) is 6.92 Å². The molecule has 40 heavy (non-hydrogen) atoms. The SMILES string of the molecule is CCCC(NC)c1cc(O)c2c(c1OC(F)(F)F)CC1C[C@@]3(CN(C)C)CC(O)=C(C)C(=O)[C@@]3(O)C(O)=C1C2=O. The molecule has 3 aliphatic carbocycles. The van der Waals surface area contributed by atoms with Crippen LogP contribution in [0.4, 0.5) is 13.2 Å². The average molecular weight is 569 g/mol. The fourth-order valence-electron chi connectivity index (χ4n) is 6.87. The number of carbonyl (C=O) groups is 2. The van der Waals surface area contributed by atoms with E-state index in [1.54, 1.807) is 26.0 Å². The summed E-state index contributed by atoms with van der Waals surface area (Å²) in [5, 5.41) is 47.9. The molecule has 4 atom stereocenters. The number of phenolic OH excluding ortho intramolecular Hbond substituents is 1. The normalized spacial score (nSPS) is 27.5. The van der Waals surface area contributed by atoms with Crippen LogP contribution in [-0.4, -0.2) is 76.5 Å². The number of hydrogen-bond donors (Lipinski definition) is 5. The monoisotopic (exact) mass is 568 g/mol. The largest absolute Gasteiger partial charge is 0.573 e. The molecule has 2 unspecified atom stereocenters. The second-order valence-corrected chi connectivity index (χ2v) is 11.3. The number of ether oxygens (including phenoxy) is 1. The van der Waals surface area contributed by atoms with Gasteiger partial charge in [0.25, 0.3) is 0 Å². The molecule has 0 aromatic heterocycles. The second-order valence-electron chi connectivity index (χ2n) is 11.3. The molecule has 1 aromatic carbocycles. The lowest BCUT2D eigenvalue weighted by atomic mass is 9.52. The summed E-state index contributed by atoms with van der Waals surface area (Å²) < 4.78 is 45.6. The first kappa shape index (κ1) is 29.9. The van der Waals surface area contributed by atoms with Crippen molar-refractivity contribution in [3.8, 4) is 11.5 Å². The number of hydrogen-bond acceptors (Lipinski definition) is 9. The van der Waals surface area contributed by atoms with Crippen molar-refractivity contribution < 1.29 is 47.9 Å². The van der Waals surface area contributed by atoms with Crippen LogP contribution in [0, 0.1) is 11.3 Å². The number of alkyl halides is 3. The van der Waals surface area contributed by atoms with Gasteiger partial charge < -0.3 is 35.4 Å². The quantitative estimate of drug-likeness (QED) is 0.330. The third-order valence-corrected chi connectivity index (χ3v) is 8.47. The molecule has 0 fully saturated rings. The predicted molar refractivity (Wildman–Crippen MR) is 138 cm³/mol. The molecule has 0 saturated heterocycles. The number of phenols is 1. The number of aromatic hydroxyl groups is 1. The van der Waals surface area contributed by atoms with Crippen molar-refractivity contribution >= 4 is 11.6 Å². The molecule has 0 spiro atoms. The Morgan fingerprint density at radius 2 is 1.88 bits per heavy atom. The van der Waals surface area contributed by atoms with Crippen LogP contribution in [0.5, 0.6) is 11.5 Å². The molecular weight excluding hydrogens is 533 g/mol. The molecule has 0 aliphatic heterocycles. The number of halogens is 3. The van der Waals surface area contributed by atoms with Crippen molar-refractivity contribution in [2.24, 2.45) is 11.3 Å². The molecule has 220 valence electrons. The van der Waals surface area contributed by atoms with E-state index >= 15 is 0 Å². The Bertz CT molecular complexity index is 1320. The maximum atomic E-state index is 13.8. The Labute approximate surface area is 229 Å². The summed E-state index contributed by atoms with van der Waals surface area (Å²) in [6, 6.07) is 0.425. The highest BCUT2D eigenvalue weighted by Crippen LogP contribution is 2.59. The summed E-state index contributed by atoms with van der Waals surface area (Å²) in [6.07, 6.45) is -4.65. The maximum Gasteiger partial charge on any atom is 0.573 e. The van der Waals surface area contributed by atoms with E-state index in [9.17, 15) is 43.2 Å². The molecule has 3 aliphatic rings. The standard InChI is InChI=1S/C28H35F3N2O7/c1-6-7-17(32-3)15-9-18(34)21-16(23(15)40-28(29,30)31)8-14-10-26(12-33(4)5)11-19(35)13(2)24(37)27(26,39)25(38)20(14)22(21)36/h9,14,17,32,34-35,38-39H,6-8,10-12H2,1-5H3/t14?,17?,26-,27+/m0/s1. The average Bonchev–Trinajstić information content (AvgIpc) is 2.84. The lowest BCUT2D eigenvalue weighted by molar-refractivity contribution is -0.275. The molecule has 0 heterocycles. The van der Waals surface area contributed by atoms with Crippen molar-refractivity contribution in [1.29, 1.82) is 0 Å². The van der Waals surface area contributed by atoms with E-state index in [1.165, 1.54) is 6.92 Å². The van der Waals surface area contributed by atoms with Crippen LogP contribution in [-0.2, 0) is 11.2 Å². The van der Waals surface area contributed by atoms with Gasteiger partial charge in [-0.1, -0.05) is 13.3 Å². The van der Waals surface area contributed by atoms with Crippen LogP contribution < -0.4 is 10.1 Å². The topological polar surface area (TPSA) is 140 Å². The molecule has 0 bridgehead atoms. The van der Waals surface area contributed by atoms with Gasteiger partial charge in [-0.2, -0.15) is 0 Å². The molecule has 0 saturated carbocycles. The van der Waals surface area contributed by atoms with Gasteiger partial charge in [0.2, 0.25) is 5.78 Å². The summed E-state index contributed by atoms with van der Waals surface area (Å²) in [4.78, 5) is 28.9. The fourth-order valence-corrected chi connectivity index (χ4v) is 6.87. The van der Waals surface area contributed by atoms with E-state index < -0.39 is 63.7 Å². The van der Waals surface area contributed by atoms with Crippen LogP contribution in [0.2, 0.25) is 0 Å². The molecule has 9 nitrogen and oxygen atoms in total. The van der Waals surface area contributed by atoms with Crippen molar-refractivity contribution in [2.45, 2.75) is 64.0 Å². The number of benzene rings is 1. The Balaban J connectivity index is 2.00. The first-order valence-corrected chi connectivity index (χ1v) is 13.1. The van der Waals surface area contributed by atoms with Crippen LogP contribution in [0.1, 0.15) is 67.1 Å². The molecule has 0 amide bonds. The van der Waals surface area contributed by atoms with Gasteiger partial charge in [0.05, 0.1) is 11.3 Å². The Morgan fingerprint density at radius 3 is 2.42 bits per heavy atom. The number of Topliss-reactive ketones (excluding diaryl/α,β-unsaturated/α-hetero) is 2. The van der Waals surface area contributed by atoms with Gasteiger partial charge in [-0.05, 0) is 59.3 Å². The predicted octanol–water partition coefficient (Wildman–Crippen LogP) is 4.01. The molecular formula is C28H35F3N2O7. The maximum absolute atomic E-state index is 13.8. The van der Waals surface area contributed by atoms with Gasteiger partial charge >= 0.3 is 6.36 Å². The number of rotatable bonds is 7. The number of carbonyl (C=O) groups excluding carboxylic acids is 2. The van der Waals surface area contributed by atoms with Gasteiger partial charge in [-0.25, -0.2) is 0 Å². The number of ketones is 2. The summed E-state index contributed by atoms with van der Waals surface area (Å²) >= 11 is 0. The summed E-state index contributed by atoms with van der Waals surface area (Å²) in [7, 11) is 4.91. The Morgan fingerprint density at radius 1 is 1.23 bits per heavy atom. The minimum absolute atomic E-state index is 0.0109.